The Morgan fingerprint density at radius 1 is 1.33 bits per heavy atom. The van der Waals surface area contributed by atoms with Gasteiger partial charge in [0.2, 0.25) is 0 Å². The number of hydrogen-bond donors (Lipinski definition) is 1. The molecular formula is C10H23NS. The summed E-state index contributed by atoms with van der Waals surface area (Å²) in [4.78, 5) is 0. The maximum Gasteiger partial charge on any atom is 0.0155 e. The molecule has 0 aromatic carbocycles. The van der Waals surface area contributed by atoms with Crippen molar-refractivity contribution in [3.63, 3.8) is 0 Å². The predicted molar refractivity (Wildman–Crippen MR) is 59.9 cm³/mol. The van der Waals surface area contributed by atoms with Crippen LogP contribution in [0.15, 0.2) is 0 Å². The summed E-state index contributed by atoms with van der Waals surface area (Å²) in [6, 6.07) is 0.721. The lowest BCUT2D eigenvalue weighted by Gasteiger charge is -2.16. The molecule has 0 amide bonds. The van der Waals surface area contributed by atoms with Gasteiger partial charge < -0.3 is 5.32 Å². The first-order valence-electron chi connectivity index (χ1n) is 4.93. The molecule has 0 aromatic heterocycles. The molecule has 0 bridgehead atoms. The van der Waals surface area contributed by atoms with Gasteiger partial charge in [0.25, 0.3) is 0 Å². The zero-order valence-corrected chi connectivity index (χ0v) is 9.71. The van der Waals surface area contributed by atoms with E-state index in [4.69, 9.17) is 0 Å². The Labute approximate surface area is 81.7 Å². The molecule has 0 aliphatic carbocycles. The Morgan fingerprint density at radius 2 is 2.00 bits per heavy atom. The molecule has 0 rings (SSSR count). The number of hydrogen-bond acceptors (Lipinski definition) is 2. The van der Waals surface area contributed by atoms with Gasteiger partial charge in [0.1, 0.15) is 0 Å². The second-order valence-corrected chi connectivity index (χ2v) is 4.61. The van der Waals surface area contributed by atoms with Crippen molar-refractivity contribution in [2.45, 2.75) is 39.7 Å². The van der Waals surface area contributed by atoms with Crippen molar-refractivity contribution in [1.82, 2.24) is 5.32 Å². The van der Waals surface area contributed by atoms with Crippen LogP contribution in [-0.4, -0.2) is 24.6 Å². The van der Waals surface area contributed by atoms with Gasteiger partial charge in [0.05, 0.1) is 0 Å². The highest BCUT2D eigenvalue weighted by Gasteiger charge is 2.03. The van der Waals surface area contributed by atoms with Gasteiger partial charge in [-0.3, -0.25) is 0 Å². The molecule has 0 fully saturated rings. The Bertz CT molecular complexity index is 93.8. The Kier molecular flexibility index (Phi) is 8.14. The van der Waals surface area contributed by atoms with Crippen LogP contribution in [0.1, 0.15) is 33.6 Å². The van der Waals surface area contributed by atoms with Gasteiger partial charge in [-0.25, -0.2) is 0 Å². The van der Waals surface area contributed by atoms with Crippen molar-refractivity contribution < 1.29 is 0 Å². The fourth-order valence-electron chi connectivity index (χ4n) is 1.10. The van der Waals surface area contributed by atoms with Crippen LogP contribution in [0.3, 0.4) is 0 Å². The topological polar surface area (TPSA) is 12.0 Å². The molecule has 0 radical (unpaired) electrons. The highest BCUT2D eigenvalue weighted by molar-refractivity contribution is 7.98. The highest BCUT2D eigenvalue weighted by Crippen LogP contribution is 2.02. The molecule has 0 spiro atoms. The summed E-state index contributed by atoms with van der Waals surface area (Å²) < 4.78 is 0. The van der Waals surface area contributed by atoms with Crippen molar-refractivity contribution in [3.8, 4) is 0 Å². The van der Waals surface area contributed by atoms with E-state index < -0.39 is 0 Å². The van der Waals surface area contributed by atoms with Crippen LogP contribution in [0.25, 0.3) is 0 Å². The molecule has 12 heavy (non-hydrogen) atoms. The van der Waals surface area contributed by atoms with Gasteiger partial charge in [-0.15, -0.1) is 0 Å². The summed E-state index contributed by atoms with van der Waals surface area (Å²) in [7, 11) is 0. The Morgan fingerprint density at radius 3 is 2.42 bits per heavy atom. The lowest BCUT2D eigenvalue weighted by Crippen LogP contribution is -2.31. The molecule has 0 saturated carbocycles. The minimum atomic E-state index is 0.721. The second-order valence-electron chi connectivity index (χ2n) is 3.70. The quantitative estimate of drug-likeness (QED) is 0.661. The van der Waals surface area contributed by atoms with Crippen LogP contribution in [0.5, 0.6) is 0 Å². The summed E-state index contributed by atoms with van der Waals surface area (Å²) in [5.74, 6) is 2.07. The van der Waals surface area contributed by atoms with Gasteiger partial charge in [0.15, 0.2) is 0 Å². The van der Waals surface area contributed by atoms with E-state index in [1.54, 1.807) is 0 Å². The number of rotatable bonds is 7. The summed E-state index contributed by atoms with van der Waals surface area (Å²) >= 11 is 1.93. The first kappa shape index (κ1) is 12.3. The van der Waals surface area contributed by atoms with Crippen LogP contribution in [0, 0.1) is 5.92 Å². The van der Waals surface area contributed by atoms with Crippen LogP contribution in [0.2, 0.25) is 0 Å². The van der Waals surface area contributed by atoms with Crippen LogP contribution in [0.4, 0.5) is 0 Å². The average molecular weight is 189 g/mol. The maximum atomic E-state index is 3.58. The normalized spacial score (nSPS) is 13.8. The maximum absolute atomic E-state index is 3.58. The zero-order valence-electron chi connectivity index (χ0n) is 8.89. The molecule has 1 unspecified atom stereocenters. The summed E-state index contributed by atoms with van der Waals surface area (Å²) in [5.41, 5.74) is 0. The Balaban J connectivity index is 3.31. The molecule has 0 aliphatic heterocycles. The first-order valence-corrected chi connectivity index (χ1v) is 6.32. The molecule has 1 N–H and O–H groups in total. The Hall–Kier alpha value is 0.310. The molecule has 0 heterocycles. The summed E-state index contributed by atoms with van der Waals surface area (Å²) in [6.45, 7) is 7.98. The lowest BCUT2D eigenvalue weighted by atomic mass is 10.1. The van der Waals surface area contributed by atoms with Gasteiger partial charge in [-0.1, -0.05) is 20.8 Å². The average Bonchev–Trinajstić information content (AvgIpc) is 2.02. The van der Waals surface area contributed by atoms with E-state index in [0.717, 1.165) is 12.0 Å². The smallest absolute Gasteiger partial charge is 0.0155 e. The fourth-order valence-corrected chi connectivity index (χ4v) is 1.85. The van der Waals surface area contributed by atoms with Crippen molar-refractivity contribution in [2.24, 2.45) is 5.92 Å². The zero-order chi connectivity index (χ0) is 9.40. The molecule has 1 atom stereocenters. The lowest BCUT2D eigenvalue weighted by molar-refractivity contribution is 0.483. The molecule has 1 nitrogen and oxygen atoms in total. The van der Waals surface area contributed by atoms with Gasteiger partial charge in [-0.05, 0) is 31.6 Å². The third-order valence-corrected chi connectivity index (χ3v) is 2.75. The minimum Gasteiger partial charge on any atom is -0.313 e. The van der Waals surface area contributed by atoms with E-state index >= 15 is 0 Å². The van der Waals surface area contributed by atoms with E-state index in [0.29, 0.717) is 0 Å². The van der Waals surface area contributed by atoms with E-state index in [1.807, 2.05) is 11.8 Å². The van der Waals surface area contributed by atoms with E-state index in [-0.39, 0.29) is 0 Å². The van der Waals surface area contributed by atoms with Crippen LogP contribution < -0.4 is 5.32 Å². The van der Waals surface area contributed by atoms with Crippen molar-refractivity contribution in [2.75, 3.05) is 18.6 Å². The minimum absolute atomic E-state index is 0.721. The summed E-state index contributed by atoms with van der Waals surface area (Å²) in [6.07, 6.45) is 4.72. The fraction of sp³-hybridized carbons (Fsp3) is 1.00. The standard InChI is InChI=1S/C10H23NS/c1-5-10(8-12-4)11-7-6-9(2)3/h9-11H,5-8H2,1-4H3. The largest absolute Gasteiger partial charge is 0.313 e. The molecule has 2 heteroatoms. The molecule has 0 aliphatic rings. The SMILES string of the molecule is CCC(CSC)NCCC(C)C. The third-order valence-electron chi connectivity index (χ3n) is 2.02. The molecular weight excluding hydrogens is 166 g/mol. The third kappa shape index (κ3) is 6.99. The monoisotopic (exact) mass is 189 g/mol. The van der Waals surface area contributed by atoms with Gasteiger partial charge in [0, 0.05) is 11.8 Å². The van der Waals surface area contributed by atoms with Crippen molar-refractivity contribution >= 4 is 11.8 Å². The van der Waals surface area contributed by atoms with E-state index in [9.17, 15) is 0 Å². The van der Waals surface area contributed by atoms with E-state index in [2.05, 4.69) is 32.3 Å². The predicted octanol–water partition coefficient (Wildman–Crippen LogP) is 2.76. The van der Waals surface area contributed by atoms with Gasteiger partial charge >= 0.3 is 0 Å². The van der Waals surface area contributed by atoms with Crippen LogP contribution >= 0.6 is 11.8 Å². The first-order chi connectivity index (χ1) is 5.70. The van der Waals surface area contributed by atoms with Crippen molar-refractivity contribution in [1.29, 1.82) is 0 Å². The second kappa shape index (κ2) is 7.93. The summed E-state index contributed by atoms with van der Waals surface area (Å²) in [5, 5.41) is 3.58. The molecule has 74 valence electrons. The van der Waals surface area contributed by atoms with Crippen molar-refractivity contribution in [3.05, 3.63) is 0 Å². The number of thioether (sulfide) groups is 1. The molecule has 0 saturated heterocycles. The van der Waals surface area contributed by atoms with Gasteiger partial charge in [-0.2, -0.15) is 11.8 Å². The van der Waals surface area contributed by atoms with Crippen LogP contribution in [-0.2, 0) is 0 Å². The van der Waals surface area contributed by atoms with E-state index in [1.165, 1.54) is 25.1 Å². The highest BCUT2D eigenvalue weighted by atomic mass is 32.2. The number of nitrogens with one attached hydrogen (secondary N) is 1. The molecule has 0 aromatic rings.